The van der Waals surface area contributed by atoms with Crippen LogP contribution in [0.15, 0.2) is 42.7 Å². The van der Waals surface area contributed by atoms with Crippen LogP contribution in [0.4, 0.5) is 4.39 Å². The lowest BCUT2D eigenvalue weighted by molar-refractivity contribution is 0.0259. The predicted octanol–water partition coefficient (Wildman–Crippen LogP) is 2.38. The van der Waals surface area contributed by atoms with E-state index >= 15 is 0 Å². The van der Waals surface area contributed by atoms with Crippen LogP contribution in [0.2, 0.25) is 0 Å². The molecular formula is C18H23FN2O3. The Kier molecular flexibility index (Phi) is 6.52. The van der Waals surface area contributed by atoms with Crippen LogP contribution in [0, 0.1) is 11.7 Å². The lowest BCUT2D eigenvalue weighted by atomic mass is 10.1. The number of benzene rings is 1. The summed E-state index contributed by atoms with van der Waals surface area (Å²) in [5, 5.41) is 12.3. The van der Waals surface area contributed by atoms with Crippen molar-refractivity contribution in [2.45, 2.75) is 20.0 Å². The van der Waals surface area contributed by atoms with Crippen molar-refractivity contribution in [1.82, 2.24) is 9.88 Å². The normalized spacial score (nSPS) is 12.4. The Morgan fingerprint density at radius 3 is 2.62 bits per heavy atom. The summed E-state index contributed by atoms with van der Waals surface area (Å²) < 4.78 is 21.1. The van der Waals surface area contributed by atoms with E-state index in [9.17, 15) is 14.3 Å². The first kappa shape index (κ1) is 18.2. The van der Waals surface area contributed by atoms with Crippen molar-refractivity contribution >= 4 is 5.91 Å². The molecular weight excluding hydrogens is 311 g/mol. The number of ether oxygens (including phenoxy) is 1. The molecule has 1 amide bonds. The summed E-state index contributed by atoms with van der Waals surface area (Å²) in [6, 6.07) is 7.87. The molecule has 130 valence electrons. The standard InChI is InChI=1S/C18H23FN2O3/c1-13(2)11-24-12-15(22)10-20-18(23)14-5-6-17(16(19)9-14)21-7-3-4-8-21/h3-9,13,15,22H,10-12H2,1-2H3,(H,20,23). The van der Waals surface area contributed by atoms with Gasteiger partial charge in [0.25, 0.3) is 5.91 Å². The van der Waals surface area contributed by atoms with E-state index in [4.69, 9.17) is 4.74 Å². The highest BCUT2D eigenvalue weighted by Gasteiger charge is 2.12. The van der Waals surface area contributed by atoms with E-state index in [-0.39, 0.29) is 18.7 Å². The maximum Gasteiger partial charge on any atom is 0.251 e. The third kappa shape index (κ3) is 5.18. The van der Waals surface area contributed by atoms with Crippen molar-refractivity contribution in [2.75, 3.05) is 19.8 Å². The number of carbonyl (C=O) groups excluding carboxylic acids is 1. The molecule has 2 N–H and O–H groups in total. The average molecular weight is 334 g/mol. The molecule has 0 aliphatic carbocycles. The lowest BCUT2D eigenvalue weighted by Crippen LogP contribution is -2.34. The molecule has 2 rings (SSSR count). The Hall–Kier alpha value is -2.18. The topological polar surface area (TPSA) is 63.5 Å². The summed E-state index contributed by atoms with van der Waals surface area (Å²) in [6.07, 6.45) is 2.66. The molecule has 0 fully saturated rings. The van der Waals surface area contributed by atoms with Crippen LogP contribution in [0.1, 0.15) is 24.2 Å². The van der Waals surface area contributed by atoms with Gasteiger partial charge in [0.05, 0.1) is 18.4 Å². The van der Waals surface area contributed by atoms with Gasteiger partial charge in [0.15, 0.2) is 0 Å². The van der Waals surface area contributed by atoms with Gasteiger partial charge in [-0.25, -0.2) is 4.39 Å². The fraction of sp³-hybridized carbons (Fsp3) is 0.389. The molecule has 0 spiro atoms. The second-order valence-corrected chi connectivity index (χ2v) is 6.05. The molecule has 24 heavy (non-hydrogen) atoms. The Labute approximate surface area is 141 Å². The molecule has 1 aromatic carbocycles. The molecule has 0 aliphatic rings. The van der Waals surface area contributed by atoms with Crippen molar-refractivity contribution < 1.29 is 19.0 Å². The number of aliphatic hydroxyl groups excluding tert-OH is 1. The average Bonchev–Trinajstić information content (AvgIpc) is 3.06. The van der Waals surface area contributed by atoms with Crippen molar-refractivity contribution in [3.8, 4) is 5.69 Å². The summed E-state index contributed by atoms with van der Waals surface area (Å²) in [4.78, 5) is 12.0. The number of rotatable bonds is 8. The smallest absolute Gasteiger partial charge is 0.251 e. The predicted molar refractivity (Wildman–Crippen MR) is 89.7 cm³/mol. The van der Waals surface area contributed by atoms with Gasteiger partial charge in [0.1, 0.15) is 5.82 Å². The molecule has 1 aromatic heterocycles. The molecule has 0 aliphatic heterocycles. The van der Waals surface area contributed by atoms with Crippen molar-refractivity contribution in [3.05, 3.63) is 54.1 Å². The van der Waals surface area contributed by atoms with Crippen molar-refractivity contribution in [3.63, 3.8) is 0 Å². The van der Waals surface area contributed by atoms with Gasteiger partial charge in [-0.05, 0) is 36.2 Å². The SMILES string of the molecule is CC(C)COCC(O)CNC(=O)c1ccc(-n2cccc2)c(F)c1. The number of aliphatic hydroxyl groups is 1. The van der Waals surface area contributed by atoms with Crippen LogP contribution >= 0.6 is 0 Å². The molecule has 5 nitrogen and oxygen atoms in total. The fourth-order valence-electron chi connectivity index (χ4n) is 2.16. The molecule has 0 bridgehead atoms. The van der Waals surface area contributed by atoms with Gasteiger partial charge in [-0.1, -0.05) is 13.8 Å². The molecule has 1 atom stereocenters. The first-order valence-electron chi connectivity index (χ1n) is 7.94. The van der Waals surface area contributed by atoms with E-state index in [0.29, 0.717) is 18.2 Å². The number of halogens is 1. The number of amides is 1. The molecule has 6 heteroatoms. The Morgan fingerprint density at radius 2 is 2.00 bits per heavy atom. The van der Waals surface area contributed by atoms with Crippen LogP contribution in [-0.2, 0) is 4.74 Å². The fourth-order valence-corrected chi connectivity index (χ4v) is 2.16. The zero-order valence-corrected chi connectivity index (χ0v) is 13.9. The molecule has 1 unspecified atom stereocenters. The van der Waals surface area contributed by atoms with Crippen LogP contribution < -0.4 is 5.32 Å². The van der Waals surface area contributed by atoms with Gasteiger partial charge < -0.3 is 19.7 Å². The number of carbonyl (C=O) groups is 1. The number of nitrogens with one attached hydrogen (secondary N) is 1. The Bertz CT molecular complexity index is 656. The van der Waals surface area contributed by atoms with Gasteiger partial charge >= 0.3 is 0 Å². The first-order chi connectivity index (χ1) is 11.5. The summed E-state index contributed by atoms with van der Waals surface area (Å²) in [7, 11) is 0. The highest BCUT2D eigenvalue weighted by Crippen LogP contribution is 2.15. The maximum absolute atomic E-state index is 14.1. The minimum Gasteiger partial charge on any atom is -0.389 e. The second kappa shape index (κ2) is 8.61. The molecule has 0 saturated heterocycles. The number of hydrogen-bond acceptors (Lipinski definition) is 3. The summed E-state index contributed by atoms with van der Waals surface area (Å²) in [5.74, 6) is -0.538. The largest absolute Gasteiger partial charge is 0.389 e. The van der Waals surface area contributed by atoms with Crippen LogP contribution in [-0.4, -0.2) is 41.4 Å². The highest BCUT2D eigenvalue weighted by atomic mass is 19.1. The van der Waals surface area contributed by atoms with E-state index in [1.165, 1.54) is 6.07 Å². The number of aromatic nitrogens is 1. The minimum atomic E-state index is -0.795. The quantitative estimate of drug-likeness (QED) is 0.779. The van der Waals surface area contributed by atoms with Crippen LogP contribution in [0.5, 0.6) is 0 Å². The van der Waals surface area contributed by atoms with E-state index in [2.05, 4.69) is 5.32 Å². The zero-order chi connectivity index (χ0) is 17.5. The monoisotopic (exact) mass is 334 g/mol. The maximum atomic E-state index is 14.1. The Morgan fingerprint density at radius 1 is 1.29 bits per heavy atom. The van der Waals surface area contributed by atoms with Gasteiger partial charge in [0.2, 0.25) is 0 Å². The summed E-state index contributed by atoms with van der Waals surface area (Å²) in [6.45, 7) is 4.79. The molecule has 0 saturated carbocycles. The van der Waals surface area contributed by atoms with Gasteiger partial charge in [-0.3, -0.25) is 4.79 Å². The third-order valence-electron chi connectivity index (χ3n) is 3.35. The first-order valence-corrected chi connectivity index (χ1v) is 7.94. The highest BCUT2D eigenvalue weighted by molar-refractivity contribution is 5.94. The molecule has 0 radical (unpaired) electrons. The number of hydrogen-bond donors (Lipinski definition) is 2. The molecule has 1 heterocycles. The van der Waals surface area contributed by atoms with Gasteiger partial charge in [-0.2, -0.15) is 0 Å². The second-order valence-electron chi connectivity index (χ2n) is 6.05. The minimum absolute atomic E-state index is 0.0535. The van der Waals surface area contributed by atoms with Gasteiger partial charge in [-0.15, -0.1) is 0 Å². The van der Waals surface area contributed by atoms with Crippen LogP contribution in [0.25, 0.3) is 5.69 Å². The molecule has 2 aromatic rings. The zero-order valence-electron chi connectivity index (χ0n) is 13.9. The van der Waals surface area contributed by atoms with E-state index in [0.717, 1.165) is 0 Å². The summed E-state index contributed by atoms with van der Waals surface area (Å²) in [5.41, 5.74) is 0.581. The van der Waals surface area contributed by atoms with Crippen LogP contribution in [0.3, 0.4) is 0 Å². The van der Waals surface area contributed by atoms with Gasteiger partial charge in [0, 0.05) is 31.1 Å². The third-order valence-corrected chi connectivity index (χ3v) is 3.35. The van der Waals surface area contributed by atoms with Crippen molar-refractivity contribution in [2.24, 2.45) is 5.92 Å². The Balaban J connectivity index is 1.87. The van der Waals surface area contributed by atoms with E-state index < -0.39 is 17.8 Å². The summed E-state index contributed by atoms with van der Waals surface area (Å²) >= 11 is 0. The number of nitrogens with zero attached hydrogens (tertiary/aromatic N) is 1. The van der Waals surface area contributed by atoms with E-state index in [1.807, 2.05) is 13.8 Å². The lowest BCUT2D eigenvalue weighted by Gasteiger charge is -2.14. The van der Waals surface area contributed by atoms with Crippen molar-refractivity contribution in [1.29, 1.82) is 0 Å². The van der Waals surface area contributed by atoms with E-state index in [1.54, 1.807) is 41.2 Å².